The first-order valence-electron chi connectivity index (χ1n) is 5.82. The standard InChI is InChI=1S/C15H11N3O/c1-2-19-14-5-3-12(4-6-14)15-13(9-17)7-11(8-16)10-18-15/h3-7,10H,2H2,1H3. The van der Waals surface area contributed by atoms with Gasteiger partial charge in [0.25, 0.3) is 0 Å². The summed E-state index contributed by atoms with van der Waals surface area (Å²) in [6.45, 7) is 2.53. The Kier molecular flexibility index (Phi) is 3.75. The molecule has 4 heteroatoms. The number of benzene rings is 1. The summed E-state index contributed by atoms with van der Waals surface area (Å²) < 4.78 is 5.36. The largest absolute Gasteiger partial charge is 0.494 e. The van der Waals surface area contributed by atoms with Crippen LogP contribution in [0.2, 0.25) is 0 Å². The molecule has 0 aliphatic carbocycles. The van der Waals surface area contributed by atoms with E-state index in [4.69, 9.17) is 15.3 Å². The van der Waals surface area contributed by atoms with E-state index in [2.05, 4.69) is 11.1 Å². The molecule has 0 spiro atoms. The molecule has 4 nitrogen and oxygen atoms in total. The van der Waals surface area contributed by atoms with Gasteiger partial charge < -0.3 is 4.74 Å². The zero-order valence-electron chi connectivity index (χ0n) is 10.4. The van der Waals surface area contributed by atoms with E-state index in [9.17, 15) is 0 Å². The summed E-state index contributed by atoms with van der Waals surface area (Å²) >= 11 is 0. The number of ether oxygens (including phenoxy) is 1. The highest BCUT2D eigenvalue weighted by Crippen LogP contribution is 2.24. The van der Waals surface area contributed by atoms with Gasteiger partial charge in [0, 0.05) is 11.8 Å². The van der Waals surface area contributed by atoms with Crippen molar-refractivity contribution < 1.29 is 4.74 Å². The van der Waals surface area contributed by atoms with Crippen LogP contribution in [0.15, 0.2) is 36.5 Å². The van der Waals surface area contributed by atoms with E-state index in [1.165, 1.54) is 6.20 Å². The number of nitrogens with zero attached hydrogens (tertiary/aromatic N) is 3. The minimum absolute atomic E-state index is 0.381. The van der Waals surface area contributed by atoms with E-state index in [1.807, 2.05) is 37.3 Å². The van der Waals surface area contributed by atoms with Crippen LogP contribution in [0.3, 0.4) is 0 Å². The summed E-state index contributed by atoms with van der Waals surface area (Å²) in [5, 5.41) is 17.9. The van der Waals surface area contributed by atoms with Crippen LogP contribution in [-0.4, -0.2) is 11.6 Å². The quantitative estimate of drug-likeness (QED) is 0.838. The van der Waals surface area contributed by atoms with E-state index in [-0.39, 0.29) is 0 Å². The molecule has 0 amide bonds. The summed E-state index contributed by atoms with van der Waals surface area (Å²) in [6.07, 6.45) is 1.46. The number of pyridine rings is 1. The Morgan fingerprint density at radius 2 is 1.89 bits per heavy atom. The van der Waals surface area contributed by atoms with Gasteiger partial charge in [-0.2, -0.15) is 10.5 Å². The maximum atomic E-state index is 9.11. The summed E-state index contributed by atoms with van der Waals surface area (Å²) in [5.41, 5.74) is 2.17. The Balaban J connectivity index is 2.42. The highest BCUT2D eigenvalue weighted by atomic mass is 16.5. The summed E-state index contributed by atoms with van der Waals surface area (Å²) in [7, 11) is 0. The molecule has 0 fully saturated rings. The lowest BCUT2D eigenvalue weighted by Gasteiger charge is -2.06. The lowest BCUT2D eigenvalue weighted by Crippen LogP contribution is -1.93. The zero-order valence-corrected chi connectivity index (χ0v) is 10.4. The second kappa shape index (κ2) is 5.66. The molecule has 1 aromatic heterocycles. The van der Waals surface area contributed by atoms with Crippen molar-refractivity contribution in [2.75, 3.05) is 6.61 Å². The molecular formula is C15H11N3O. The highest BCUT2D eigenvalue weighted by molar-refractivity contribution is 5.67. The van der Waals surface area contributed by atoms with Crippen molar-refractivity contribution in [3.05, 3.63) is 47.7 Å². The summed E-state index contributed by atoms with van der Waals surface area (Å²) in [6, 6.07) is 12.9. The molecule has 2 aromatic rings. The van der Waals surface area contributed by atoms with Gasteiger partial charge in [-0.3, -0.25) is 4.98 Å². The van der Waals surface area contributed by atoms with E-state index >= 15 is 0 Å². The minimum atomic E-state index is 0.381. The fraction of sp³-hybridized carbons (Fsp3) is 0.133. The number of rotatable bonds is 3. The monoisotopic (exact) mass is 249 g/mol. The SMILES string of the molecule is CCOc1ccc(-c2ncc(C#N)cc2C#N)cc1. The van der Waals surface area contributed by atoms with Crippen molar-refractivity contribution in [2.24, 2.45) is 0 Å². The molecule has 0 bridgehead atoms. The van der Waals surface area contributed by atoms with Gasteiger partial charge in [0.05, 0.1) is 23.4 Å². The Hall–Kier alpha value is -2.85. The van der Waals surface area contributed by atoms with Gasteiger partial charge in [-0.1, -0.05) is 0 Å². The van der Waals surface area contributed by atoms with Crippen LogP contribution < -0.4 is 4.74 Å². The third kappa shape index (κ3) is 2.70. The number of nitriles is 2. The van der Waals surface area contributed by atoms with Gasteiger partial charge >= 0.3 is 0 Å². The second-order valence-corrected chi connectivity index (χ2v) is 3.80. The third-order valence-corrected chi connectivity index (χ3v) is 2.58. The minimum Gasteiger partial charge on any atom is -0.494 e. The van der Waals surface area contributed by atoms with Crippen molar-refractivity contribution >= 4 is 0 Å². The number of hydrogen-bond acceptors (Lipinski definition) is 4. The molecule has 92 valence electrons. The Bertz CT molecular complexity index is 663. The lowest BCUT2D eigenvalue weighted by molar-refractivity contribution is 0.340. The number of aromatic nitrogens is 1. The van der Waals surface area contributed by atoms with E-state index < -0.39 is 0 Å². The van der Waals surface area contributed by atoms with Crippen molar-refractivity contribution in [2.45, 2.75) is 6.92 Å². The summed E-state index contributed by atoms with van der Waals surface area (Å²) in [4.78, 5) is 4.18. The third-order valence-electron chi connectivity index (χ3n) is 2.58. The normalized spacial score (nSPS) is 9.42. The molecule has 0 aliphatic rings. The smallest absolute Gasteiger partial charge is 0.119 e. The van der Waals surface area contributed by atoms with Crippen molar-refractivity contribution in [3.8, 4) is 29.1 Å². The fourth-order valence-corrected chi connectivity index (χ4v) is 1.72. The predicted molar refractivity (Wildman–Crippen MR) is 70.3 cm³/mol. The molecule has 0 aliphatic heterocycles. The van der Waals surface area contributed by atoms with Gasteiger partial charge in [0.1, 0.15) is 17.9 Å². The van der Waals surface area contributed by atoms with Crippen LogP contribution in [0.5, 0.6) is 5.75 Å². The maximum absolute atomic E-state index is 9.11. The Labute approximate surface area is 111 Å². The van der Waals surface area contributed by atoms with E-state index in [0.717, 1.165) is 11.3 Å². The van der Waals surface area contributed by atoms with E-state index in [0.29, 0.717) is 23.4 Å². The molecule has 0 saturated heterocycles. The van der Waals surface area contributed by atoms with Crippen LogP contribution in [-0.2, 0) is 0 Å². The average Bonchev–Trinajstić information content (AvgIpc) is 2.48. The first-order valence-corrected chi connectivity index (χ1v) is 5.82. The molecule has 0 unspecified atom stereocenters. The first kappa shape index (κ1) is 12.6. The zero-order chi connectivity index (χ0) is 13.7. The molecule has 19 heavy (non-hydrogen) atoms. The van der Waals surface area contributed by atoms with Crippen LogP contribution in [0.25, 0.3) is 11.3 Å². The topological polar surface area (TPSA) is 69.7 Å². The maximum Gasteiger partial charge on any atom is 0.119 e. The van der Waals surface area contributed by atoms with Crippen molar-refractivity contribution in [1.82, 2.24) is 4.98 Å². The molecule has 0 N–H and O–H groups in total. The molecule has 1 heterocycles. The summed E-state index contributed by atoms with van der Waals surface area (Å²) in [5.74, 6) is 0.776. The second-order valence-electron chi connectivity index (χ2n) is 3.80. The first-order chi connectivity index (χ1) is 9.28. The van der Waals surface area contributed by atoms with Gasteiger partial charge in [-0.25, -0.2) is 0 Å². The average molecular weight is 249 g/mol. The molecule has 0 radical (unpaired) electrons. The highest BCUT2D eigenvalue weighted by Gasteiger charge is 2.08. The molecular weight excluding hydrogens is 238 g/mol. The lowest BCUT2D eigenvalue weighted by atomic mass is 10.1. The van der Waals surface area contributed by atoms with Gasteiger partial charge in [-0.05, 0) is 37.3 Å². The van der Waals surface area contributed by atoms with Crippen LogP contribution in [0.4, 0.5) is 0 Å². The predicted octanol–water partition coefficient (Wildman–Crippen LogP) is 2.89. The Morgan fingerprint density at radius 1 is 1.16 bits per heavy atom. The molecule has 0 atom stereocenters. The van der Waals surface area contributed by atoms with Gasteiger partial charge in [0.15, 0.2) is 0 Å². The van der Waals surface area contributed by atoms with Crippen LogP contribution >= 0.6 is 0 Å². The van der Waals surface area contributed by atoms with Crippen LogP contribution in [0.1, 0.15) is 18.1 Å². The van der Waals surface area contributed by atoms with Gasteiger partial charge in [0.2, 0.25) is 0 Å². The van der Waals surface area contributed by atoms with Gasteiger partial charge in [-0.15, -0.1) is 0 Å². The Morgan fingerprint density at radius 3 is 2.47 bits per heavy atom. The van der Waals surface area contributed by atoms with E-state index in [1.54, 1.807) is 6.07 Å². The molecule has 1 aromatic carbocycles. The molecule has 2 rings (SSSR count). The number of hydrogen-bond donors (Lipinski definition) is 0. The van der Waals surface area contributed by atoms with Crippen molar-refractivity contribution in [3.63, 3.8) is 0 Å². The fourth-order valence-electron chi connectivity index (χ4n) is 1.72. The molecule has 0 saturated carbocycles. The van der Waals surface area contributed by atoms with Crippen molar-refractivity contribution in [1.29, 1.82) is 10.5 Å². The van der Waals surface area contributed by atoms with Crippen LogP contribution in [0, 0.1) is 22.7 Å².